The summed E-state index contributed by atoms with van der Waals surface area (Å²) >= 11 is 1.60. The van der Waals surface area contributed by atoms with Gasteiger partial charge in [-0.2, -0.15) is 11.3 Å². The van der Waals surface area contributed by atoms with Gasteiger partial charge in [0, 0.05) is 52.4 Å². The molecule has 1 aromatic rings. The summed E-state index contributed by atoms with van der Waals surface area (Å²) in [6.07, 6.45) is 0. The molecule has 3 saturated heterocycles. The summed E-state index contributed by atoms with van der Waals surface area (Å²) in [7, 11) is 1.77. The van der Waals surface area contributed by atoms with E-state index in [1.54, 1.807) is 18.4 Å². The van der Waals surface area contributed by atoms with Crippen molar-refractivity contribution in [2.45, 2.75) is 18.6 Å². The van der Waals surface area contributed by atoms with E-state index in [1.165, 1.54) is 26.2 Å². The smallest absolute Gasteiger partial charge is 0.191 e. The Hall–Kier alpha value is -1.15. The molecule has 2 atom stereocenters. The summed E-state index contributed by atoms with van der Waals surface area (Å²) < 4.78 is 0. The van der Waals surface area contributed by atoms with Crippen molar-refractivity contribution < 1.29 is 5.11 Å². The number of aliphatic hydroxyl groups is 1. The molecule has 6 nitrogen and oxygen atoms in total. The Labute approximate surface area is 142 Å². The molecule has 0 aromatic carbocycles. The second-order valence-corrected chi connectivity index (χ2v) is 7.36. The average Bonchev–Trinajstić information content (AvgIpc) is 3.11. The molecule has 2 unspecified atom stereocenters. The number of nitrogens with one attached hydrogen (secondary N) is 2. The number of guanidine groups is 1. The van der Waals surface area contributed by atoms with Crippen molar-refractivity contribution in [1.82, 2.24) is 20.4 Å². The van der Waals surface area contributed by atoms with Crippen LogP contribution in [0.5, 0.6) is 0 Å². The van der Waals surface area contributed by atoms with Crippen molar-refractivity contribution >= 4 is 17.3 Å². The third-order valence-corrected chi connectivity index (χ3v) is 5.55. The van der Waals surface area contributed by atoms with Crippen LogP contribution in [0.3, 0.4) is 0 Å². The van der Waals surface area contributed by atoms with Gasteiger partial charge in [0.25, 0.3) is 0 Å². The summed E-state index contributed by atoms with van der Waals surface area (Å²) in [5.41, 5.74) is 0.0467. The first-order chi connectivity index (χ1) is 11.1. The van der Waals surface area contributed by atoms with Crippen LogP contribution in [0.1, 0.15) is 12.5 Å². The maximum absolute atomic E-state index is 10.6. The predicted octanol–water partition coefficient (Wildman–Crippen LogP) is 0.120. The van der Waals surface area contributed by atoms with E-state index in [0.29, 0.717) is 12.6 Å². The molecule has 23 heavy (non-hydrogen) atoms. The number of piperazine rings is 3. The van der Waals surface area contributed by atoms with Crippen LogP contribution in [0.15, 0.2) is 21.8 Å². The SMILES string of the molecule is CN=C(NCC1CN2CCN1CC2)NCC(C)(O)c1ccsc1. The monoisotopic (exact) mass is 337 g/mol. The Bertz CT molecular complexity index is 523. The highest BCUT2D eigenvalue weighted by molar-refractivity contribution is 7.08. The fourth-order valence-corrected chi connectivity index (χ4v) is 4.06. The Balaban J connectivity index is 1.47. The molecule has 4 heterocycles. The minimum absolute atomic E-state index is 0.434. The van der Waals surface area contributed by atoms with E-state index in [-0.39, 0.29) is 0 Å². The largest absolute Gasteiger partial charge is 0.384 e. The molecule has 1 aromatic heterocycles. The minimum atomic E-state index is -0.892. The van der Waals surface area contributed by atoms with Crippen molar-refractivity contribution in [2.75, 3.05) is 52.9 Å². The van der Waals surface area contributed by atoms with Crippen LogP contribution in [0.25, 0.3) is 0 Å². The molecule has 0 radical (unpaired) electrons. The van der Waals surface area contributed by atoms with Crippen LogP contribution in [0.4, 0.5) is 0 Å². The second-order valence-electron chi connectivity index (χ2n) is 6.58. The van der Waals surface area contributed by atoms with Crippen molar-refractivity contribution in [3.05, 3.63) is 22.4 Å². The van der Waals surface area contributed by atoms with E-state index in [1.807, 2.05) is 23.8 Å². The highest BCUT2D eigenvalue weighted by Gasteiger charge is 2.31. The second kappa shape index (κ2) is 7.17. The van der Waals surface area contributed by atoms with Gasteiger partial charge in [0.1, 0.15) is 5.60 Å². The zero-order valence-corrected chi connectivity index (χ0v) is 14.8. The van der Waals surface area contributed by atoms with E-state index in [4.69, 9.17) is 0 Å². The van der Waals surface area contributed by atoms with Gasteiger partial charge in [0.15, 0.2) is 5.96 Å². The van der Waals surface area contributed by atoms with Crippen molar-refractivity contribution in [1.29, 1.82) is 0 Å². The van der Waals surface area contributed by atoms with Crippen LogP contribution in [-0.4, -0.2) is 79.8 Å². The Morgan fingerprint density at radius 2 is 2.17 bits per heavy atom. The van der Waals surface area contributed by atoms with Gasteiger partial charge in [-0.25, -0.2) is 0 Å². The molecular formula is C16H27N5OS. The van der Waals surface area contributed by atoms with Gasteiger partial charge in [0.05, 0.1) is 6.54 Å². The molecule has 0 amide bonds. The van der Waals surface area contributed by atoms with E-state index >= 15 is 0 Å². The molecule has 3 fully saturated rings. The van der Waals surface area contributed by atoms with E-state index in [9.17, 15) is 5.11 Å². The number of rotatable bonds is 5. The normalized spacial score (nSPS) is 30.0. The van der Waals surface area contributed by atoms with Crippen molar-refractivity contribution in [3.63, 3.8) is 0 Å². The van der Waals surface area contributed by atoms with Gasteiger partial charge in [0.2, 0.25) is 0 Å². The molecule has 7 heteroatoms. The third-order valence-electron chi connectivity index (χ3n) is 4.86. The molecule has 3 aliphatic rings. The van der Waals surface area contributed by atoms with Crippen molar-refractivity contribution in [2.24, 2.45) is 4.99 Å². The zero-order chi connectivity index (χ0) is 16.3. The number of thiophene rings is 1. The first-order valence-electron chi connectivity index (χ1n) is 8.24. The molecule has 0 aliphatic carbocycles. The van der Waals surface area contributed by atoms with Crippen LogP contribution < -0.4 is 10.6 Å². The molecule has 4 rings (SSSR count). The van der Waals surface area contributed by atoms with Crippen LogP contribution in [0, 0.1) is 0 Å². The fraction of sp³-hybridized carbons (Fsp3) is 0.688. The van der Waals surface area contributed by atoms with Gasteiger partial charge < -0.3 is 15.7 Å². The standard InChI is InChI=1S/C16H27N5OS/c1-16(22,13-3-8-23-11-13)12-19-15(17-2)18-9-14-10-20-4-6-21(14)7-5-20/h3,8,11,14,22H,4-7,9-10,12H2,1-2H3,(H2,17,18,19). The summed E-state index contributed by atoms with van der Waals surface area (Å²) in [5.74, 6) is 0.748. The van der Waals surface area contributed by atoms with Gasteiger partial charge in [-0.15, -0.1) is 0 Å². The lowest BCUT2D eigenvalue weighted by atomic mass is 9.99. The number of nitrogens with zero attached hydrogens (tertiary/aromatic N) is 3. The lowest BCUT2D eigenvalue weighted by Crippen LogP contribution is -2.64. The van der Waals surface area contributed by atoms with E-state index < -0.39 is 5.60 Å². The Morgan fingerprint density at radius 1 is 1.39 bits per heavy atom. The summed E-state index contributed by atoms with van der Waals surface area (Å²) in [6.45, 7) is 9.03. The summed E-state index contributed by atoms with van der Waals surface area (Å²) in [6, 6.07) is 2.51. The number of aliphatic imine (C=N–C) groups is 1. The minimum Gasteiger partial charge on any atom is -0.384 e. The first kappa shape index (κ1) is 16.7. The van der Waals surface area contributed by atoms with Gasteiger partial charge in [-0.3, -0.25) is 14.8 Å². The van der Waals surface area contributed by atoms with Crippen LogP contribution in [0.2, 0.25) is 0 Å². The molecular weight excluding hydrogens is 310 g/mol. The molecule has 0 saturated carbocycles. The zero-order valence-electron chi connectivity index (χ0n) is 14.0. The van der Waals surface area contributed by atoms with Gasteiger partial charge in [-0.05, 0) is 29.3 Å². The van der Waals surface area contributed by atoms with Crippen LogP contribution in [-0.2, 0) is 5.60 Å². The molecule has 3 N–H and O–H groups in total. The Kier molecular flexibility index (Phi) is 5.21. The quantitative estimate of drug-likeness (QED) is 0.526. The topological polar surface area (TPSA) is 63.1 Å². The highest BCUT2D eigenvalue weighted by atomic mass is 32.1. The Morgan fingerprint density at radius 3 is 2.74 bits per heavy atom. The number of hydrogen-bond acceptors (Lipinski definition) is 5. The molecule has 128 valence electrons. The molecule has 3 aliphatic heterocycles. The predicted molar refractivity (Wildman–Crippen MR) is 95.1 cm³/mol. The highest BCUT2D eigenvalue weighted by Crippen LogP contribution is 2.22. The van der Waals surface area contributed by atoms with E-state index in [2.05, 4.69) is 25.4 Å². The summed E-state index contributed by atoms with van der Waals surface area (Å²) in [5, 5.41) is 21.2. The maximum Gasteiger partial charge on any atom is 0.191 e. The van der Waals surface area contributed by atoms with Gasteiger partial charge >= 0.3 is 0 Å². The molecule has 2 bridgehead atoms. The third kappa shape index (κ3) is 4.03. The first-order valence-corrected chi connectivity index (χ1v) is 9.19. The number of hydrogen-bond donors (Lipinski definition) is 3. The van der Waals surface area contributed by atoms with Crippen molar-refractivity contribution in [3.8, 4) is 0 Å². The number of fused-ring (bicyclic) bond motifs is 3. The average molecular weight is 337 g/mol. The summed E-state index contributed by atoms with van der Waals surface area (Å²) in [4.78, 5) is 9.36. The lowest BCUT2D eigenvalue weighted by molar-refractivity contribution is 0.0153. The van der Waals surface area contributed by atoms with Crippen LogP contribution >= 0.6 is 11.3 Å². The van der Waals surface area contributed by atoms with E-state index in [0.717, 1.165) is 24.6 Å². The molecule has 0 spiro atoms. The fourth-order valence-electron chi connectivity index (χ4n) is 3.28. The van der Waals surface area contributed by atoms with Gasteiger partial charge in [-0.1, -0.05) is 0 Å². The lowest BCUT2D eigenvalue weighted by Gasteiger charge is -2.47. The maximum atomic E-state index is 10.6.